The molecule has 1 amide bonds. The average molecular weight is 278 g/mol. The van der Waals surface area contributed by atoms with Crippen LogP contribution in [0.5, 0.6) is 5.75 Å². The van der Waals surface area contributed by atoms with Gasteiger partial charge in [-0.3, -0.25) is 9.59 Å². The third kappa shape index (κ3) is 2.08. The maximum absolute atomic E-state index is 11.3. The van der Waals surface area contributed by atoms with Crippen LogP contribution in [-0.2, 0) is 4.79 Å². The van der Waals surface area contributed by atoms with E-state index >= 15 is 0 Å². The minimum Gasteiger partial charge on any atom is -0.480 e. The third-order valence-corrected chi connectivity index (χ3v) is 2.97. The van der Waals surface area contributed by atoms with Crippen molar-refractivity contribution < 1.29 is 18.7 Å². The van der Waals surface area contributed by atoms with Crippen LogP contribution in [0.2, 0.25) is 5.02 Å². The first-order valence-corrected chi connectivity index (χ1v) is 5.87. The van der Waals surface area contributed by atoms with Crippen LogP contribution >= 0.6 is 11.6 Å². The van der Waals surface area contributed by atoms with Gasteiger partial charge in [-0.1, -0.05) is 11.6 Å². The lowest BCUT2D eigenvalue weighted by Crippen LogP contribution is -2.25. The molecule has 0 fully saturated rings. The molecule has 0 radical (unpaired) electrons. The number of hydrogen-bond acceptors (Lipinski definition) is 4. The van der Waals surface area contributed by atoms with Gasteiger partial charge >= 0.3 is 0 Å². The summed E-state index contributed by atoms with van der Waals surface area (Å²) >= 11 is 6.10. The van der Waals surface area contributed by atoms with Crippen molar-refractivity contribution in [2.45, 2.75) is 0 Å². The van der Waals surface area contributed by atoms with Crippen LogP contribution < -0.4 is 10.1 Å². The molecule has 0 atom stereocenters. The number of rotatable bonds is 2. The van der Waals surface area contributed by atoms with Crippen LogP contribution in [0.15, 0.2) is 28.7 Å². The first-order valence-electron chi connectivity index (χ1n) is 5.49. The van der Waals surface area contributed by atoms with E-state index in [0.717, 1.165) is 0 Å². The van der Waals surface area contributed by atoms with Crippen LogP contribution in [0.4, 0.5) is 5.69 Å². The van der Waals surface area contributed by atoms with Crippen molar-refractivity contribution >= 4 is 29.5 Å². The number of benzene rings is 1. The van der Waals surface area contributed by atoms with Crippen molar-refractivity contribution in [2.24, 2.45) is 0 Å². The third-order valence-electron chi connectivity index (χ3n) is 2.69. The zero-order valence-corrected chi connectivity index (χ0v) is 10.4. The number of halogens is 1. The highest BCUT2D eigenvalue weighted by Crippen LogP contribution is 2.39. The highest BCUT2D eigenvalue weighted by Gasteiger charge is 2.20. The zero-order valence-electron chi connectivity index (χ0n) is 9.60. The van der Waals surface area contributed by atoms with E-state index < -0.39 is 0 Å². The highest BCUT2D eigenvalue weighted by molar-refractivity contribution is 6.33. The van der Waals surface area contributed by atoms with Gasteiger partial charge in [0, 0.05) is 5.56 Å². The number of hydrogen-bond donors (Lipinski definition) is 1. The summed E-state index contributed by atoms with van der Waals surface area (Å²) in [6.45, 7) is -0.0535. The minimum absolute atomic E-state index is 0.0535. The van der Waals surface area contributed by atoms with Crippen LogP contribution in [0.25, 0.3) is 11.3 Å². The summed E-state index contributed by atoms with van der Waals surface area (Å²) in [6, 6.07) is 6.56. The molecule has 2 aromatic rings. The lowest BCUT2D eigenvalue weighted by molar-refractivity contribution is -0.118. The average Bonchev–Trinajstić information content (AvgIpc) is 2.86. The molecule has 0 spiro atoms. The van der Waals surface area contributed by atoms with Gasteiger partial charge in [-0.2, -0.15) is 0 Å². The summed E-state index contributed by atoms with van der Waals surface area (Å²) in [7, 11) is 0. The predicted molar refractivity (Wildman–Crippen MR) is 68.7 cm³/mol. The number of carbonyl (C=O) groups is 2. The number of fused-ring (bicyclic) bond motifs is 1. The number of anilines is 1. The van der Waals surface area contributed by atoms with Crippen molar-refractivity contribution in [1.82, 2.24) is 0 Å². The Bertz CT molecular complexity index is 677. The molecule has 96 valence electrons. The second-order valence-corrected chi connectivity index (χ2v) is 4.40. The van der Waals surface area contributed by atoms with Gasteiger partial charge < -0.3 is 14.5 Å². The van der Waals surface area contributed by atoms with E-state index in [1.54, 1.807) is 24.3 Å². The molecular weight excluding hydrogens is 270 g/mol. The minimum atomic E-state index is -0.242. The number of nitrogens with one attached hydrogen (secondary N) is 1. The van der Waals surface area contributed by atoms with E-state index in [1.807, 2.05) is 0 Å². The quantitative estimate of drug-likeness (QED) is 0.857. The Labute approximate surface area is 113 Å². The van der Waals surface area contributed by atoms with Gasteiger partial charge in [0.25, 0.3) is 5.91 Å². The first kappa shape index (κ1) is 11.8. The molecule has 1 aromatic heterocycles. The largest absolute Gasteiger partial charge is 0.480 e. The smallest absolute Gasteiger partial charge is 0.262 e. The van der Waals surface area contributed by atoms with Crippen LogP contribution in [-0.4, -0.2) is 18.8 Å². The molecular formula is C13H8ClNO4. The second kappa shape index (κ2) is 4.44. The van der Waals surface area contributed by atoms with Crippen molar-refractivity contribution in [3.05, 3.63) is 35.0 Å². The summed E-state index contributed by atoms with van der Waals surface area (Å²) < 4.78 is 10.6. The highest BCUT2D eigenvalue weighted by atomic mass is 35.5. The molecule has 19 heavy (non-hydrogen) atoms. The molecule has 0 unspecified atom stereocenters. The lowest BCUT2D eigenvalue weighted by atomic mass is 10.1. The van der Waals surface area contributed by atoms with Gasteiger partial charge in [0.1, 0.15) is 5.76 Å². The summed E-state index contributed by atoms with van der Waals surface area (Å²) in [5, 5.41) is 3.04. The fraction of sp³-hybridized carbons (Fsp3) is 0.0769. The molecule has 6 heteroatoms. The second-order valence-electron chi connectivity index (χ2n) is 3.99. The van der Waals surface area contributed by atoms with Gasteiger partial charge in [0.05, 0.1) is 10.7 Å². The Balaban J connectivity index is 2.08. The Morgan fingerprint density at radius 3 is 2.89 bits per heavy atom. The summed E-state index contributed by atoms with van der Waals surface area (Å²) in [5.41, 5.74) is 1.14. The van der Waals surface area contributed by atoms with Crippen LogP contribution in [0, 0.1) is 0 Å². The van der Waals surface area contributed by atoms with Crippen molar-refractivity contribution in [3.63, 3.8) is 0 Å². The number of carbonyl (C=O) groups excluding carboxylic acids is 2. The Hall–Kier alpha value is -2.27. The Kier molecular flexibility index (Phi) is 2.76. The molecule has 1 aliphatic heterocycles. The van der Waals surface area contributed by atoms with E-state index in [0.29, 0.717) is 34.1 Å². The van der Waals surface area contributed by atoms with Crippen molar-refractivity contribution in [1.29, 1.82) is 0 Å². The summed E-state index contributed by atoms with van der Waals surface area (Å²) in [5.74, 6) is 0.914. The first-order chi connectivity index (χ1) is 9.17. The molecule has 0 saturated carbocycles. The molecule has 1 aromatic carbocycles. The molecule has 5 nitrogen and oxygen atoms in total. The monoisotopic (exact) mass is 277 g/mol. The number of ether oxygens (including phenoxy) is 1. The summed E-state index contributed by atoms with van der Waals surface area (Å²) in [6.07, 6.45) is 0.619. The van der Waals surface area contributed by atoms with E-state index in [-0.39, 0.29) is 18.3 Å². The fourth-order valence-electron chi connectivity index (χ4n) is 1.87. The fourth-order valence-corrected chi connectivity index (χ4v) is 2.14. The molecule has 3 rings (SSSR count). The normalized spacial score (nSPS) is 13.4. The van der Waals surface area contributed by atoms with E-state index in [2.05, 4.69) is 5.32 Å². The predicted octanol–water partition coefficient (Wildman–Crippen LogP) is 2.74. The maximum atomic E-state index is 11.3. The van der Waals surface area contributed by atoms with Gasteiger partial charge in [-0.05, 0) is 24.3 Å². The zero-order chi connectivity index (χ0) is 13.4. The molecule has 0 saturated heterocycles. The van der Waals surface area contributed by atoms with Crippen molar-refractivity contribution in [2.75, 3.05) is 11.9 Å². The SMILES string of the molecule is O=Cc1ccc(-c2cc(Cl)c3c(c2)NC(=O)CO3)o1. The Morgan fingerprint density at radius 2 is 2.16 bits per heavy atom. The Morgan fingerprint density at radius 1 is 1.32 bits per heavy atom. The van der Waals surface area contributed by atoms with E-state index in [1.165, 1.54) is 0 Å². The van der Waals surface area contributed by atoms with Crippen LogP contribution in [0.3, 0.4) is 0 Å². The lowest BCUT2D eigenvalue weighted by Gasteiger charge is -2.19. The number of amides is 1. The number of furan rings is 1. The summed E-state index contributed by atoms with van der Waals surface area (Å²) in [4.78, 5) is 21.9. The van der Waals surface area contributed by atoms with Crippen LogP contribution in [0.1, 0.15) is 10.6 Å². The van der Waals surface area contributed by atoms with Gasteiger partial charge in [0.2, 0.25) is 0 Å². The van der Waals surface area contributed by atoms with Crippen molar-refractivity contribution in [3.8, 4) is 17.1 Å². The molecule has 0 aliphatic carbocycles. The van der Waals surface area contributed by atoms with E-state index in [9.17, 15) is 9.59 Å². The maximum Gasteiger partial charge on any atom is 0.262 e. The van der Waals surface area contributed by atoms with Gasteiger partial charge in [-0.25, -0.2) is 0 Å². The van der Waals surface area contributed by atoms with Gasteiger partial charge in [-0.15, -0.1) is 0 Å². The van der Waals surface area contributed by atoms with Gasteiger partial charge in [0.15, 0.2) is 24.4 Å². The molecule has 2 heterocycles. The topological polar surface area (TPSA) is 68.5 Å². The molecule has 1 aliphatic rings. The molecule has 0 bridgehead atoms. The standard InChI is InChI=1S/C13H8ClNO4/c14-9-3-7(11-2-1-8(5-16)19-11)4-10-13(9)18-6-12(17)15-10/h1-5H,6H2,(H,15,17). The van der Waals surface area contributed by atoms with E-state index in [4.69, 9.17) is 20.8 Å². The molecule has 1 N–H and O–H groups in total. The number of aldehydes is 1.